The summed E-state index contributed by atoms with van der Waals surface area (Å²) in [5, 5.41) is 11.9. The molecule has 2 aromatic carbocycles. The highest BCUT2D eigenvalue weighted by Crippen LogP contribution is 2.24. The van der Waals surface area contributed by atoms with Crippen LogP contribution >= 0.6 is 0 Å². The largest absolute Gasteiger partial charge is 0.491 e. The van der Waals surface area contributed by atoms with Crippen LogP contribution in [0.15, 0.2) is 48.5 Å². The predicted octanol–water partition coefficient (Wildman–Crippen LogP) is 7.58. The summed E-state index contributed by atoms with van der Waals surface area (Å²) >= 11 is 0. The first-order valence-corrected chi connectivity index (χ1v) is 12.6. The number of fused-ring (bicyclic) bond motifs is 1. The number of rotatable bonds is 17. The van der Waals surface area contributed by atoms with E-state index < -0.39 is 0 Å². The maximum absolute atomic E-state index is 6.08. The molecule has 0 amide bonds. The van der Waals surface area contributed by atoms with E-state index in [4.69, 9.17) is 4.74 Å². The second kappa shape index (κ2) is 14.5. The van der Waals surface area contributed by atoms with Gasteiger partial charge in [0.1, 0.15) is 17.9 Å². The van der Waals surface area contributed by atoms with E-state index in [0.717, 1.165) is 35.5 Å². The first kappa shape index (κ1) is 24.1. The van der Waals surface area contributed by atoms with E-state index in [-0.39, 0.29) is 0 Å². The van der Waals surface area contributed by atoms with E-state index in [1.807, 2.05) is 47.1 Å². The van der Waals surface area contributed by atoms with Gasteiger partial charge in [0.25, 0.3) is 0 Å². The van der Waals surface area contributed by atoms with Gasteiger partial charge in [-0.05, 0) is 30.7 Å². The summed E-state index contributed by atoms with van der Waals surface area (Å²) in [4.78, 5) is 0. The lowest BCUT2D eigenvalue weighted by atomic mass is 10.1. The van der Waals surface area contributed by atoms with E-state index in [2.05, 4.69) is 28.6 Å². The normalized spacial score (nSPS) is 11.2. The van der Waals surface area contributed by atoms with Crippen LogP contribution in [0.25, 0.3) is 11.0 Å². The lowest BCUT2D eigenvalue weighted by molar-refractivity contribution is 0.305. The number of para-hydroxylation sites is 3. The molecule has 1 aromatic heterocycles. The fourth-order valence-electron chi connectivity index (χ4n) is 4.06. The van der Waals surface area contributed by atoms with Crippen LogP contribution < -0.4 is 10.1 Å². The minimum Gasteiger partial charge on any atom is -0.491 e. The van der Waals surface area contributed by atoms with Gasteiger partial charge in [-0.3, -0.25) is 0 Å². The van der Waals surface area contributed by atoms with Crippen molar-refractivity contribution in [2.75, 3.05) is 11.9 Å². The number of benzene rings is 2. The molecule has 1 N–H and O–H groups in total. The molecule has 0 radical (unpaired) electrons. The second-order valence-electron chi connectivity index (χ2n) is 8.65. The Bertz CT molecular complexity index is 892. The first-order valence-electron chi connectivity index (χ1n) is 12.6. The zero-order valence-corrected chi connectivity index (χ0v) is 19.8. The van der Waals surface area contributed by atoms with Crippen molar-refractivity contribution in [3.63, 3.8) is 0 Å². The molecule has 3 rings (SSSR count). The monoisotopic (exact) mass is 436 g/mol. The molecule has 0 aliphatic carbocycles. The fourth-order valence-corrected chi connectivity index (χ4v) is 4.06. The minimum absolute atomic E-state index is 0.555. The van der Waals surface area contributed by atoms with Crippen LogP contribution in [0.1, 0.15) is 84.0 Å². The average Bonchev–Trinajstić information content (AvgIpc) is 3.24. The summed E-state index contributed by atoms with van der Waals surface area (Å²) in [6, 6.07) is 16.1. The van der Waals surface area contributed by atoms with Gasteiger partial charge in [0, 0.05) is 0 Å². The smallest absolute Gasteiger partial charge is 0.142 e. The van der Waals surface area contributed by atoms with Crippen LogP contribution in [-0.2, 0) is 6.67 Å². The van der Waals surface area contributed by atoms with Gasteiger partial charge in [0.2, 0.25) is 0 Å². The Hall–Kier alpha value is -2.56. The average molecular weight is 437 g/mol. The number of nitrogens with one attached hydrogen (secondary N) is 1. The third kappa shape index (κ3) is 8.18. The Morgan fingerprint density at radius 1 is 0.750 bits per heavy atom. The van der Waals surface area contributed by atoms with Gasteiger partial charge >= 0.3 is 0 Å². The molecule has 0 spiro atoms. The van der Waals surface area contributed by atoms with E-state index in [1.54, 1.807) is 0 Å². The number of anilines is 1. The quantitative estimate of drug-likeness (QED) is 0.222. The minimum atomic E-state index is 0.555. The van der Waals surface area contributed by atoms with E-state index in [0.29, 0.717) is 6.67 Å². The number of unbranched alkanes of at least 4 members (excludes halogenated alkanes) is 11. The summed E-state index contributed by atoms with van der Waals surface area (Å²) in [7, 11) is 0. The number of hydrogen-bond donors (Lipinski definition) is 1. The number of nitrogens with zero attached hydrogens (tertiary/aromatic N) is 3. The number of hydrogen-bond acceptors (Lipinski definition) is 4. The molecule has 0 saturated heterocycles. The Morgan fingerprint density at radius 2 is 1.38 bits per heavy atom. The Balaban J connectivity index is 1.28. The molecule has 0 atom stereocenters. The van der Waals surface area contributed by atoms with Crippen LogP contribution in [0.5, 0.6) is 5.75 Å². The highest BCUT2D eigenvalue weighted by atomic mass is 16.5. The SMILES string of the molecule is CCCCCCCCCCCCCCOc1ccccc1NCn1nnc2ccccc21. The van der Waals surface area contributed by atoms with Crippen LogP contribution in [0, 0.1) is 0 Å². The highest BCUT2D eigenvalue weighted by Gasteiger charge is 2.06. The van der Waals surface area contributed by atoms with Crippen LogP contribution in [0.2, 0.25) is 0 Å². The zero-order chi connectivity index (χ0) is 22.3. The molecule has 5 nitrogen and oxygen atoms in total. The second-order valence-corrected chi connectivity index (χ2v) is 8.65. The van der Waals surface area contributed by atoms with Crippen molar-refractivity contribution >= 4 is 16.7 Å². The molecule has 0 aliphatic rings. The Labute approximate surface area is 193 Å². The first-order chi connectivity index (χ1) is 15.9. The van der Waals surface area contributed by atoms with Gasteiger partial charge in [-0.15, -0.1) is 5.10 Å². The van der Waals surface area contributed by atoms with Gasteiger partial charge in [0.15, 0.2) is 0 Å². The third-order valence-corrected chi connectivity index (χ3v) is 5.98. The van der Waals surface area contributed by atoms with Gasteiger partial charge in [-0.25, -0.2) is 4.68 Å². The highest BCUT2D eigenvalue weighted by molar-refractivity contribution is 5.73. The van der Waals surface area contributed by atoms with Gasteiger partial charge in [0.05, 0.1) is 17.8 Å². The fraction of sp³-hybridized carbons (Fsp3) is 0.556. The molecule has 174 valence electrons. The van der Waals surface area contributed by atoms with Gasteiger partial charge < -0.3 is 10.1 Å². The summed E-state index contributed by atoms with van der Waals surface area (Å²) < 4.78 is 7.95. The standard InChI is InChI=1S/C27H40N4O/c1-2-3-4-5-6-7-8-9-10-11-12-17-22-32-27-21-16-14-19-25(27)28-23-31-26-20-15-13-18-24(26)29-30-31/h13-16,18-21,28H,2-12,17,22-23H2,1H3. The summed E-state index contributed by atoms with van der Waals surface area (Å²) in [5.74, 6) is 0.903. The van der Waals surface area contributed by atoms with Crippen molar-refractivity contribution in [3.05, 3.63) is 48.5 Å². The number of ether oxygens (including phenoxy) is 1. The molecule has 1 heterocycles. The van der Waals surface area contributed by atoms with Crippen molar-refractivity contribution < 1.29 is 4.74 Å². The van der Waals surface area contributed by atoms with Crippen molar-refractivity contribution in [3.8, 4) is 5.75 Å². The van der Waals surface area contributed by atoms with Gasteiger partial charge in [-0.1, -0.05) is 107 Å². The summed E-state index contributed by atoms with van der Waals surface area (Å²) in [5.41, 5.74) is 2.92. The van der Waals surface area contributed by atoms with Crippen molar-refractivity contribution in [1.82, 2.24) is 15.0 Å². The maximum atomic E-state index is 6.08. The summed E-state index contributed by atoms with van der Waals surface area (Å²) in [6.07, 6.45) is 16.3. The molecule has 3 aromatic rings. The Kier molecular flexibility index (Phi) is 10.9. The predicted molar refractivity (Wildman–Crippen MR) is 134 cm³/mol. The molecule has 0 aliphatic heterocycles. The molecule has 32 heavy (non-hydrogen) atoms. The Morgan fingerprint density at radius 3 is 2.12 bits per heavy atom. The lowest BCUT2D eigenvalue weighted by Gasteiger charge is -2.13. The molecular weight excluding hydrogens is 396 g/mol. The molecule has 5 heteroatoms. The van der Waals surface area contributed by atoms with E-state index in [1.165, 1.54) is 70.6 Å². The molecule has 0 fully saturated rings. The molecule has 0 unspecified atom stereocenters. The third-order valence-electron chi connectivity index (χ3n) is 5.98. The van der Waals surface area contributed by atoms with Gasteiger partial charge in [-0.2, -0.15) is 0 Å². The van der Waals surface area contributed by atoms with Crippen LogP contribution in [0.4, 0.5) is 5.69 Å². The summed E-state index contributed by atoms with van der Waals surface area (Å²) in [6.45, 7) is 3.60. The van der Waals surface area contributed by atoms with E-state index in [9.17, 15) is 0 Å². The van der Waals surface area contributed by atoms with Crippen LogP contribution in [0.3, 0.4) is 0 Å². The zero-order valence-electron chi connectivity index (χ0n) is 19.8. The lowest BCUT2D eigenvalue weighted by Crippen LogP contribution is -2.10. The number of aromatic nitrogens is 3. The van der Waals surface area contributed by atoms with Crippen molar-refractivity contribution in [1.29, 1.82) is 0 Å². The van der Waals surface area contributed by atoms with Crippen molar-refractivity contribution in [2.24, 2.45) is 0 Å². The molecule has 0 bridgehead atoms. The van der Waals surface area contributed by atoms with E-state index >= 15 is 0 Å². The molecular formula is C27H40N4O. The maximum Gasteiger partial charge on any atom is 0.142 e. The van der Waals surface area contributed by atoms with Crippen molar-refractivity contribution in [2.45, 2.75) is 90.6 Å². The van der Waals surface area contributed by atoms with Crippen LogP contribution in [-0.4, -0.2) is 21.6 Å². The molecule has 0 saturated carbocycles. The topological polar surface area (TPSA) is 52.0 Å².